The SMILES string of the molecule is COC(C)(C)OC[C@@]12CC[C@@H]1[C@@H](n1cnc3c(N)nc(SC)nc31)[C@@H]1OC(C)(C)O[C@@H]12. The summed E-state index contributed by atoms with van der Waals surface area (Å²) in [6.07, 6.45) is 5.66. The van der Waals surface area contributed by atoms with Gasteiger partial charge in [-0.25, -0.2) is 15.0 Å². The molecule has 2 aromatic rings. The van der Waals surface area contributed by atoms with Crippen LogP contribution in [-0.2, 0) is 18.9 Å². The molecule has 2 saturated carbocycles. The van der Waals surface area contributed by atoms with Crippen LogP contribution in [0.3, 0.4) is 0 Å². The molecule has 2 aliphatic carbocycles. The van der Waals surface area contributed by atoms with E-state index in [0.717, 1.165) is 18.5 Å². The van der Waals surface area contributed by atoms with E-state index in [1.165, 1.54) is 11.8 Å². The van der Waals surface area contributed by atoms with Crippen LogP contribution in [0.15, 0.2) is 11.5 Å². The molecule has 31 heavy (non-hydrogen) atoms. The molecule has 2 aromatic heterocycles. The van der Waals surface area contributed by atoms with Crippen molar-refractivity contribution in [3.05, 3.63) is 6.33 Å². The molecule has 3 aliphatic rings. The Morgan fingerprint density at radius 2 is 2.10 bits per heavy atom. The summed E-state index contributed by atoms with van der Waals surface area (Å²) in [6, 6.07) is 0.0313. The molecule has 0 bridgehead atoms. The number of imidazole rings is 1. The van der Waals surface area contributed by atoms with Crippen LogP contribution in [0.2, 0.25) is 0 Å². The highest BCUT2D eigenvalue weighted by Gasteiger charge is 2.71. The summed E-state index contributed by atoms with van der Waals surface area (Å²) in [4.78, 5) is 13.6. The lowest BCUT2D eigenvalue weighted by Gasteiger charge is -2.50. The molecule has 9 nitrogen and oxygen atoms in total. The standard InChI is InChI=1S/C21H31N5O4S/c1-19(2,27-5)28-9-21-8-7-11(21)13(14-15(21)30-20(3,4)29-14)26-10-23-12-16(22)24-18(31-6)25-17(12)26/h10-11,13-15H,7-9H2,1-6H3,(H2,22,24,25)/t11-,13-,14+,15+,21+/m1/s1. The monoisotopic (exact) mass is 449 g/mol. The van der Waals surface area contributed by atoms with Crippen LogP contribution in [0.4, 0.5) is 5.82 Å². The number of nitrogens with two attached hydrogens (primary N) is 1. The number of fused-ring (bicyclic) bond motifs is 4. The molecular formula is C21H31N5O4S. The molecule has 1 aliphatic heterocycles. The fourth-order valence-corrected chi connectivity index (χ4v) is 5.83. The van der Waals surface area contributed by atoms with E-state index in [-0.39, 0.29) is 23.7 Å². The summed E-state index contributed by atoms with van der Waals surface area (Å²) < 4.78 is 26.8. The molecule has 5 atom stereocenters. The van der Waals surface area contributed by atoms with Crippen LogP contribution in [0, 0.1) is 11.3 Å². The van der Waals surface area contributed by atoms with Gasteiger partial charge in [-0.3, -0.25) is 0 Å². The number of methoxy groups -OCH3 is 1. The van der Waals surface area contributed by atoms with E-state index in [4.69, 9.17) is 29.7 Å². The number of aromatic nitrogens is 4. The van der Waals surface area contributed by atoms with Crippen molar-refractivity contribution in [2.45, 2.75) is 75.5 Å². The van der Waals surface area contributed by atoms with Gasteiger partial charge >= 0.3 is 0 Å². The van der Waals surface area contributed by atoms with Crippen molar-refractivity contribution < 1.29 is 18.9 Å². The number of nitrogens with zero attached hydrogens (tertiary/aromatic N) is 4. The number of nitrogen functional groups attached to an aromatic ring is 1. The van der Waals surface area contributed by atoms with Crippen LogP contribution < -0.4 is 5.73 Å². The Balaban J connectivity index is 1.57. The maximum absolute atomic E-state index is 6.48. The first kappa shape index (κ1) is 21.4. The summed E-state index contributed by atoms with van der Waals surface area (Å²) in [5.41, 5.74) is 7.41. The molecule has 5 rings (SSSR count). The number of thioether (sulfide) groups is 1. The normalized spacial score (nSPS) is 34.0. The Bertz CT molecular complexity index is 1010. The molecule has 10 heteroatoms. The Morgan fingerprint density at radius 1 is 1.32 bits per heavy atom. The number of rotatable bonds is 6. The summed E-state index contributed by atoms with van der Waals surface area (Å²) in [5, 5.41) is 0.635. The topological polar surface area (TPSA) is 107 Å². The Kier molecular flexibility index (Phi) is 4.84. The third-order valence-electron chi connectivity index (χ3n) is 7.22. The van der Waals surface area contributed by atoms with Gasteiger partial charge < -0.3 is 29.2 Å². The lowest BCUT2D eigenvalue weighted by Crippen LogP contribution is -2.51. The number of hydrogen-bond acceptors (Lipinski definition) is 9. The molecule has 0 unspecified atom stereocenters. The van der Waals surface area contributed by atoms with E-state index >= 15 is 0 Å². The van der Waals surface area contributed by atoms with Gasteiger partial charge in [0.15, 0.2) is 28.2 Å². The molecule has 0 amide bonds. The average Bonchev–Trinajstić information content (AvgIpc) is 3.30. The second-order valence-electron chi connectivity index (χ2n) is 9.70. The van der Waals surface area contributed by atoms with Crippen molar-refractivity contribution in [3.8, 4) is 0 Å². The van der Waals surface area contributed by atoms with Gasteiger partial charge in [0.2, 0.25) is 0 Å². The van der Waals surface area contributed by atoms with Crippen LogP contribution >= 0.6 is 11.8 Å². The van der Waals surface area contributed by atoms with E-state index in [9.17, 15) is 0 Å². The molecule has 0 radical (unpaired) electrons. The van der Waals surface area contributed by atoms with Gasteiger partial charge in [-0.1, -0.05) is 11.8 Å². The Labute approximate surface area is 186 Å². The summed E-state index contributed by atoms with van der Waals surface area (Å²) >= 11 is 1.47. The third-order valence-corrected chi connectivity index (χ3v) is 7.76. The minimum Gasteiger partial charge on any atom is -0.382 e. The van der Waals surface area contributed by atoms with Crippen LogP contribution in [0.5, 0.6) is 0 Å². The van der Waals surface area contributed by atoms with Crippen molar-refractivity contribution in [2.24, 2.45) is 11.3 Å². The highest BCUT2D eigenvalue weighted by molar-refractivity contribution is 7.98. The van der Waals surface area contributed by atoms with Crippen molar-refractivity contribution >= 4 is 28.7 Å². The average molecular weight is 450 g/mol. The maximum Gasteiger partial charge on any atom is 0.191 e. The van der Waals surface area contributed by atoms with Crippen LogP contribution in [0.25, 0.3) is 11.2 Å². The minimum atomic E-state index is -0.660. The zero-order chi connectivity index (χ0) is 22.2. The first-order valence-electron chi connectivity index (χ1n) is 10.7. The van der Waals surface area contributed by atoms with Crippen molar-refractivity contribution in [1.29, 1.82) is 0 Å². The number of anilines is 1. The number of ether oxygens (including phenoxy) is 4. The van der Waals surface area contributed by atoms with Gasteiger partial charge in [0, 0.05) is 12.5 Å². The van der Waals surface area contributed by atoms with Crippen molar-refractivity contribution in [3.63, 3.8) is 0 Å². The van der Waals surface area contributed by atoms with E-state index in [2.05, 4.69) is 14.5 Å². The molecule has 0 spiro atoms. The fraction of sp³-hybridized carbons (Fsp3) is 0.762. The molecule has 1 saturated heterocycles. The molecule has 2 N–H and O–H groups in total. The smallest absolute Gasteiger partial charge is 0.191 e. The summed E-state index contributed by atoms with van der Waals surface area (Å²) in [5.74, 6) is -0.602. The van der Waals surface area contributed by atoms with Gasteiger partial charge in [0.1, 0.15) is 11.6 Å². The Hall–Kier alpha value is -1.46. The Morgan fingerprint density at radius 3 is 2.74 bits per heavy atom. The van der Waals surface area contributed by atoms with Gasteiger partial charge in [0.05, 0.1) is 25.1 Å². The second kappa shape index (κ2) is 7.02. The van der Waals surface area contributed by atoms with Crippen molar-refractivity contribution in [2.75, 3.05) is 25.7 Å². The summed E-state index contributed by atoms with van der Waals surface area (Å²) in [6.45, 7) is 8.37. The lowest BCUT2D eigenvalue weighted by molar-refractivity contribution is -0.249. The lowest BCUT2D eigenvalue weighted by atomic mass is 9.60. The predicted octanol–water partition coefficient (Wildman–Crippen LogP) is 3.00. The molecule has 3 heterocycles. The minimum absolute atomic E-state index is 0.0313. The second-order valence-corrected chi connectivity index (χ2v) is 10.5. The first-order chi connectivity index (χ1) is 14.6. The van der Waals surface area contributed by atoms with E-state index in [1.807, 2.05) is 40.3 Å². The van der Waals surface area contributed by atoms with Crippen LogP contribution in [-0.4, -0.2) is 63.3 Å². The predicted molar refractivity (Wildman–Crippen MR) is 117 cm³/mol. The molecule has 170 valence electrons. The quantitative estimate of drug-likeness (QED) is 0.404. The van der Waals surface area contributed by atoms with E-state index < -0.39 is 11.6 Å². The zero-order valence-corrected chi connectivity index (χ0v) is 19.7. The largest absolute Gasteiger partial charge is 0.382 e. The van der Waals surface area contributed by atoms with Gasteiger partial charge in [0.25, 0.3) is 0 Å². The maximum atomic E-state index is 6.48. The highest BCUT2D eigenvalue weighted by Crippen LogP contribution is 2.66. The van der Waals surface area contributed by atoms with Gasteiger partial charge in [-0.2, -0.15) is 0 Å². The molecular weight excluding hydrogens is 418 g/mol. The summed E-state index contributed by atoms with van der Waals surface area (Å²) in [7, 11) is 1.67. The van der Waals surface area contributed by atoms with Gasteiger partial charge in [-0.05, 0) is 52.7 Å². The van der Waals surface area contributed by atoms with E-state index in [1.54, 1.807) is 7.11 Å². The fourth-order valence-electron chi connectivity index (χ4n) is 5.47. The first-order valence-corrected chi connectivity index (χ1v) is 11.9. The number of hydrogen-bond donors (Lipinski definition) is 1. The van der Waals surface area contributed by atoms with Crippen LogP contribution in [0.1, 0.15) is 46.6 Å². The molecule has 0 aromatic carbocycles. The van der Waals surface area contributed by atoms with Crippen molar-refractivity contribution in [1.82, 2.24) is 19.5 Å². The molecule has 3 fully saturated rings. The third kappa shape index (κ3) is 3.18. The zero-order valence-electron chi connectivity index (χ0n) is 18.9. The van der Waals surface area contributed by atoms with E-state index in [0.29, 0.717) is 29.0 Å². The highest BCUT2D eigenvalue weighted by atomic mass is 32.2. The van der Waals surface area contributed by atoms with Gasteiger partial charge in [-0.15, -0.1) is 0 Å².